The van der Waals surface area contributed by atoms with E-state index in [1.165, 1.54) is 77.0 Å². The molecule has 0 saturated carbocycles. The summed E-state index contributed by atoms with van der Waals surface area (Å²) in [6.45, 7) is 6.40. The van der Waals surface area contributed by atoms with E-state index in [0.717, 1.165) is 12.8 Å². The van der Waals surface area contributed by atoms with Crippen molar-refractivity contribution in [2.75, 3.05) is 0 Å². The zero-order valence-corrected chi connectivity index (χ0v) is 17.4. The molecule has 0 aromatic rings. The fourth-order valence-corrected chi connectivity index (χ4v) is 2.93. The molecule has 2 nitrogen and oxygen atoms in total. The van der Waals surface area contributed by atoms with Gasteiger partial charge in [-0.2, -0.15) is 0 Å². The number of halogens is 1. The van der Waals surface area contributed by atoms with Crippen molar-refractivity contribution in [1.29, 1.82) is 0 Å². The summed E-state index contributed by atoms with van der Waals surface area (Å²) in [6, 6.07) is 0.315. The summed E-state index contributed by atoms with van der Waals surface area (Å²) in [6.07, 6.45) is 18.3. The second-order valence-corrected chi connectivity index (χ2v) is 7.83. The molecule has 0 aromatic carbocycles. The Labute approximate surface area is 153 Å². The number of amides is 1. The van der Waals surface area contributed by atoms with Gasteiger partial charge in [0.05, 0.1) is 22.9 Å². The van der Waals surface area contributed by atoms with Gasteiger partial charge in [-0.3, -0.25) is 7.91 Å². The number of carbonyl (C=O) groups is 1. The van der Waals surface area contributed by atoms with E-state index in [1.807, 2.05) is 3.11 Å². The summed E-state index contributed by atoms with van der Waals surface area (Å²) in [5.41, 5.74) is 0. The Balaban J connectivity index is 3.19. The highest BCUT2D eigenvalue weighted by molar-refractivity contribution is 14.1. The summed E-state index contributed by atoms with van der Waals surface area (Å²) in [4.78, 5) is 11.8. The van der Waals surface area contributed by atoms with Gasteiger partial charge in [-0.25, -0.2) is 0 Å². The Kier molecular flexibility index (Phi) is 16.2. The van der Waals surface area contributed by atoms with Crippen LogP contribution in [0.15, 0.2) is 0 Å². The minimum Gasteiger partial charge on any atom is -0.282 e. The number of hydrogen-bond donors (Lipinski definition) is 0. The van der Waals surface area contributed by atoms with E-state index in [1.54, 1.807) is 0 Å². The van der Waals surface area contributed by atoms with Crippen molar-refractivity contribution < 1.29 is 4.79 Å². The van der Waals surface area contributed by atoms with Gasteiger partial charge in [-0.05, 0) is 20.3 Å². The van der Waals surface area contributed by atoms with Gasteiger partial charge in [0.25, 0.3) is 0 Å². The van der Waals surface area contributed by atoms with Crippen molar-refractivity contribution in [3.05, 3.63) is 0 Å². The molecule has 22 heavy (non-hydrogen) atoms. The lowest BCUT2D eigenvalue weighted by molar-refractivity contribution is -0.126. The highest BCUT2D eigenvalue weighted by Gasteiger charge is 2.12. The molecule has 0 radical (unpaired) electrons. The van der Waals surface area contributed by atoms with E-state index >= 15 is 0 Å². The number of rotatable bonds is 15. The molecule has 0 aliphatic rings. The lowest BCUT2D eigenvalue weighted by Crippen LogP contribution is -2.27. The molecule has 1 amide bonds. The predicted molar refractivity (Wildman–Crippen MR) is 106 cm³/mol. The van der Waals surface area contributed by atoms with Crippen LogP contribution in [0.4, 0.5) is 0 Å². The number of nitrogens with zero attached hydrogens (tertiary/aromatic N) is 1. The fourth-order valence-electron chi connectivity index (χ4n) is 2.69. The third-order valence-corrected chi connectivity index (χ3v) is 5.84. The van der Waals surface area contributed by atoms with E-state index in [-0.39, 0.29) is 0 Å². The van der Waals surface area contributed by atoms with Crippen molar-refractivity contribution in [3.8, 4) is 0 Å². The van der Waals surface area contributed by atoms with Crippen LogP contribution in [0.2, 0.25) is 0 Å². The van der Waals surface area contributed by atoms with Crippen LogP contribution < -0.4 is 0 Å². The highest BCUT2D eigenvalue weighted by atomic mass is 127. The number of hydrogen-bond acceptors (Lipinski definition) is 1. The Morgan fingerprint density at radius 2 is 1.14 bits per heavy atom. The van der Waals surface area contributed by atoms with Crippen LogP contribution in [0.1, 0.15) is 111 Å². The summed E-state index contributed by atoms with van der Waals surface area (Å²) in [5, 5.41) is 0. The Hall–Kier alpha value is 0.200. The summed E-state index contributed by atoms with van der Waals surface area (Å²) in [5.74, 6) is 0.290. The normalized spacial score (nSPS) is 11.1. The van der Waals surface area contributed by atoms with Crippen LogP contribution in [0.5, 0.6) is 0 Å². The molecule has 0 heterocycles. The van der Waals surface area contributed by atoms with Gasteiger partial charge >= 0.3 is 0 Å². The average molecular weight is 423 g/mol. The van der Waals surface area contributed by atoms with Crippen LogP contribution in [-0.2, 0) is 4.79 Å². The highest BCUT2D eigenvalue weighted by Crippen LogP contribution is 2.14. The molecule has 0 bridgehead atoms. The molecular formula is C19H38INO. The van der Waals surface area contributed by atoms with Gasteiger partial charge in [-0.1, -0.05) is 84.0 Å². The Morgan fingerprint density at radius 1 is 0.773 bits per heavy atom. The minimum absolute atomic E-state index is 0.290. The van der Waals surface area contributed by atoms with E-state index in [9.17, 15) is 4.79 Å². The predicted octanol–water partition coefficient (Wildman–Crippen LogP) is 7.05. The van der Waals surface area contributed by atoms with Crippen molar-refractivity contribution >= 4 is 28.8 Å². The smallest absolute Gasteiger partial charge is 0.231 e. The summed E-state index contributed by atoms with van der Waals surface area (Å²) >= 11 is 2.14. The lowest BCUT2D eigenvalue weighted by Gasteiger charge is -2.18. The molecule has 0 aliphatic carbocycles. The number of unbranched alkanes of at least 4 members (excludes halogenated alkanes) is 12. The maximum atomic E-state index is 11.8. The molecule has 132 valence electrons. The molecule has 0 unspecified atom stereocenters. The van der Waals surface area contributed by atoms with Gasteiger partial charge in [0.2, 0.25) is 5.91 Å². The monoisotopic (exact) mass is 423 g/mol. The molecule has 0 fully saturated rings. The Morgan fingerprint density at radius 3 is 1.50 bits per heavy atom. The maximum Gasteiger partial charge on any atom is 0.231 e. The topological polar surface area (TPSA) is 20.3 Å². The molecular weight excluding hydrogens is 385 g/mol. The molecule has 0 saturated heterocycles. The molecule has 0 spiro atoms. The van der Waals surface area contributed by atoms with E-state index in [4.69, 9.17) is 0 Å². The van der Waals surface area contributed by atoms with Crippen LogP contribution in [-0.4, -0.2) is 15.1 Å². The van der Waals surface area contributed by atoms with Crippen molar-refractivity contribution in [2.24, 2.45) is 0 Å². The molecule has 0 N–H and O–H groups in total. The SMILES string of the molecule is CCCCCCCCCCCCCCCC(=O)N(I)C(C)C. The van der Waals surface area contributed by atoms with Gasteiger partial charge in [-0.15, -0.1) is 0 Å². The molecule has 0 aromatic heterocycles. The van der Waals surface area contributed by atoms with E-state index in [0.29, 0.717) is 11.9 Å². The molecule has 0 atom stereocenters. The molecule has 3 heteroatoms. The first-order chi connectivity index (χ1) is 10.6. The average Bonchev–Trinajstić information content (AvgIpc) is 2.50. The number of carbonyl (C=O) groups excluding carboxylic acids is 1. The van der Waals surface area contributed by atoms with Gasteiger partial charge in [0, 0.05) is 12.5 Å². The van der Waals surface area contributed by atoms with Crippen LogP contribution >= 0.6 is 22.9 Å². The first-order valence-corrected chi connectivity index (χ1v) is 10.5. The molecule has 0 aliphatic heterocycles. The van der Waals surface area contributed by atoms with Crippen molar-refractivity contribution in [3.63, 3.8) is 0 Å². The third-order valence-electron chi connectivity index (χ3n) is 4.19. The zero-order chi connectivity index (χ0) is 16.6. The first-order valence-electron chi connectivity index (χ1n) is 9.57. The largest absolute Gasteiger partial charge is 0.282 e. The summed E-state index contributed by atoms with van der Waals surface area (Å²) < 4.78 is 1.83. The molecule has 0 rings (SSSR count). The lowest BCUT2D eigenvalue weighted by atomic mass is 10.0. The van der Waals surface area contributed by atoms with Crippen LogP contribution in [0, 0.1) is 0 Å². The standard InChI is InChI=1S/C19H38INO/c1-4-5-6-7-8-9-10-11-12-13-14-15-16-17-19(22)21(20)18(2)3/h18H,4-17H2,1-3H3. The third kappa shape index (κ3) is 13.8. The quantitative estimate of drug-likeness (QED) is 0.157. The van der Waals surface area contributed by atoms with Crippen LogP contribution in [0.25, 0.3) is 0 Å². The van der Waals surface area contributed by atoms with E-state index in [2.05, 4.69) is 43.6 Å². The van der Waals surface area contributed by atoms with Crippen LogP contribution in [0.3, 0.4) is 0 Å². The first kappa shape index (κ1) is 22.2. The van der Waals surface area contributed by atoms with E-state index < -0.39 is 0 Å². The zero-order valence-electron chi connectivity index (χ0n) is 15.2. The van der Waals surface area contributed by atoms with Crippen molar-refractivity contribution in [1.82, 2.24) is 3.11 Å². The van der Waals surface area contributed by atoms with Gasteiger partial charge in [0.1, 0.15) is 0 Å². The second kappa shape index (κ2) is 16.1. The van der Waals surface area contributed by atoms with Gasteiger partial charge in [0.15, 0.2) is 0 Å². The Bertz CT molecular complexity index is 256. The second-order valence-electron chi connectivity index (χ2n) is 6.79. The fraction of sp³-hybridized carbons (Fsp3) is 0.947. The van der Waals surface area contributed by atoms with Gasteiger partial charge < -0.3 is 0 Å². The minimum atomic E-state index is 0.290. The van der Waals surface area contributed by atoms with Crippen molar-refractivity contribution in [2.45, 2.75) is 117 Å². The summed E-state index contributed by atoms with van der Waals surface area (Å²) in [7, 11) is 0. The maximum absolute atomic E-state index is 11.8.